The van der Waals surface area contributed by atoms with Crippen LogP contribution in [0.1, 0.15) is 16.8 Å². The molecule has 7 heteroatoms. The van der Waals surface area contributed by atoms with Crippen LogP contribution in [0.4, 0.5) is 10.1 Å². The number of halogens is 1. The highest BCUT2D eigenvalue weighted by molar-refractivity contribution is 5.97. The van der Waals surface area contributed by atoms with Gasteiger partial charge in [-0.3, -0.25) is 4.79 Å². The number of rotatable bonds is 4. The average Bonchev–Trinajstić information content (AvgIpc) is 3.04. The van der Waals surface area contributed by atoms with Gasteiger partial charge in [-0.25, -0.2) is 9.38 Å². The Balaban J connectivity index is 2.13. The monoisotopic (exact) mass is 347 g/mol. The number of nitrogens with zero attached hydrogens (tertiary/aromatic N) is 4. The van der Waals surface area contributed by atoms with Gasteiger partial charge in [0.25, 0.3) is 5.91 Å². The van der Waals surface area contributed by atoms with E-state index in [2.05, 4.69) is 21.8 Å². The number of benzene rings is 1. The van der Waals surface area contributed by atoms with Crippen LogP contribution in [0.3, 0.4) is 0 Å². The zero-order valence-corrected chi connectivity index (χ0v) is 15.3. The molecule has 1 aliphatic heterocycles. The van der Waals surface area contributed by atoms with E-state index in [0.717, 1.165) is 6.42 Å². The molecule has 0 aromatic heterocycles. The highest BCUT2D eigenvalue weighted by Crippen LogP contribution is 2.20. The zero-order valence-electron chi connectivity index (χ0n) is 15.3. The molecule has 1 amide bonds. The van der Waals surface area contributed by atoms with Gasteiger partial charge in [-0.1, -0.05) is 6.58 Å². The molecule has 25 heavy (non-hydrogen) atoms. The second-order valence-corrected chi connectivity index (χ2v) is 6.51. The number of likely N-dealkylation sites (N-methyl/N-ethyl adjacent to an activating group) is 1. The molecule has 1 aromatic rings. The molecule has 0 radical (unpaired) electrons. The Morgan fingerprint density at radius 3 is 2.64 bits per heavy atom. The van der Waals surface area contributed by atoms with E-state index < -0.39 is 5.82 Å². The van der Waals surface area contributed by atoms with Crippen molar-refractivity contribution in [1.29, 1.82) is 0 Å². The van der Waals surface area contributed by atoms with E-state index in [0.29, 0.717) is 30.8 Å². The molecule has 136 valence electrons. The van der Waals surface area contributed by atoms with E-state index >= 15 is 0 Å². The second-order valence-electron chi connectivity index (χ2n) is 6.51. The van der Waals surface area contributed by atoms with Crippen molar-refractivity contribution >= 4 is 17.6 Å². The quantitative estimate of drug-likeness (QED) is 0.669. The topological polar surface area (TPSA) is 51.2 Å². The fraction of sp³-hybridized carbons (Fsp3) is 0.444. The fourth-order valence-corrected chi connectivity index (χ4v) is 2.76. The van der Waals surface area contributed by atoms with E-state index in [4.69, 9.17) is 0 Å². The third-order valence-corrected chi connectivity index (χ3v) is 4.27. The molecule has 1 aromatic carbocycles. The lowest BCUT2D eigenvalue weighted by Gasteiger charge is -2.21. The van der Waals surface area contributed by atoms with Gasteiger partial charge in [0.1, 0.15) is 5.82 Å². The Morgan fingerprint density at radius 1 is 1.40 bits per heavy atom. The van der Waals surface area contributed by atoms with Crippen LogP contribution < -0.4 is 5.32 Å². The van der Waals surface area contributed by atoms with Crippen molar-refractivity contribution in [2.24, 2.45) is 4.99 Å². The molecule has 1 fully saturated rings. The molecule has 2 rings (SSSR count). The minimum atomic E-state index is -0.542. The van der Waals surface area contributed by atoms with Gasteiger partial charge in [0.15, 0.2) is 0 Å². The van der Waals surface area contributed by atoms with Gasteiger partial charge in [0.2, 0.25) is 5.96 Å². The first-order chi connectivity index (χ1) is 11.8. The molecule has 1 heterocycles. The van der Waals surface area contributed by atoms with E-state index in [1.807, 2.05) is 28.2 Å². The summed E-state index contributed by atoms with van der Waals surface area (Å²) in [6.07, 6.45) is 2.31. The van der Waals surface area contributed by atoms with E-state index in [-0.39, 0.29) is 11.5 Å². The summed E-state index contributed by atoms with van der Waals surface area (Å²) < 4.78 is 14.5. The van der Waals surface area contributed by atoms with E-state index in [9.17, 15) is 9.18 Å². The van der Waals surface area contributed by atoms with E-state index in [1.165, 1.54) is 18.3 Å². The van der Waals surface area contributed by atoms with Crippen molar-refractivity contribution < 1.29 is 9.18 Å². The Labute approximate surface area is 148 Å². The van der Waals surface area contributed by atoms with Gasteiger partial charge in [-0.15, -0.1) is 0 Å². The number of amides is 1. The maximum absolute atomic E-state index is 14.5. The van der Waals surface area contributed by atoms with Crippen molar-refractivity contribution in [2.75, 3.05) is 46.6 Å². The molecule has 1 atom stereocenters. The van der Waals surface area contributed by atoms with Crippen molar-refractivity contribution in [3.05, 3.63) is 42.4 Å². The van der Waals surface area contributed by atoms with Crippen LogP contribution in [0.25, 0.3) is 0 Å². The van der Waals surface area contributed by atoms with Crippen LogP contribution in [0.15, 0.2) is 36.0 Å². The Hall–Kier alpha value is -2.41. The molecule has 1 N–H and O–H groups in total. The number of hydrogen-bond acceptors (Lipinski definition) is 3. The fourth-order valence-electron chi connectivity index (χ4n) is 2.76. The van der Waals surface area contributed by atoms with Crippen LogP contribution in [0.5, 0.6) is 0 Å². The summed E-state index contributed by atoms with van der Waals surface area (Å²) >= 11 is 0. The number of aliphatic imine (C=N–C) groups is 1. The lowest BCUT2D eigenvalue weighted by Crippen LogP contribution is -2.34. The van der Waals surface area contributed by atoms with Gasteiger partial charge in [0.05, 0.1) is 5.56 Å². The third-order valence-electron chi connectivity index (χ3n) is 4.27. The Morgan fingerprint density at radius 2 is 2.12 bits per heavy atom. The Bertz CT molecular complexity index is 671. The van der Waals surface area contributed by atoms with Gasteiger partial charge in [0, 0.05) is 45.1 Å². The molecular formula is C18H26FN5O. The average molecular weight is 347 g/mol. The molecule has 0 unspecified atom stereocenters. The predicted molar refractivity (Wildman–Crippen MR) is 99.3 cm³/mol. The normalized spacial score (nSPS) is 17.8. The van der Waals surface area contributed by atoms with Gasteiger partial charge in [-0.05, 0) is 38.7 Å². The first-order valence-electron chi connectivity index (χ1n) is 8.21. The standard InChI is InChI=1S/C18H26FN5O/c1-6-20-18(23(4)5)21-13-7-8-15(16(19)11-13)17(25)24-10-9-14(12-24)22(2)3/h6-8,11,14H,1,9-10,12H2,2-5H3,(H,20,21)/t14-/m0/s1. The van der Waals surface area contributed by atoms with Crippen molar-refractivity contribution in [3.63, 3.8) is 0 Å². The summed E-state index contributed by atoms with van der Waals surface area (Å²) in [5.41, 5.74) is 0.618. The number of likely N-dealkylation sites (tertiary alicyclic amines) is 1. The Kier molecular flexibility index (Phi) is 6.14. The molecule has 0 saturated carbocycles. The summed E-state index contributed by atoms with van der Waals surface area (Å²) in [5.74, 6) is -0.275. The molecular weight excluding hydrogens is 321 g/mol. The zero-order chi connectivity index (χ0) is 18.6. The van der Waals surface area contributed by atoms with Crippen LogP contribution in [0.2, 0.25) is 0 Å². The van der Waals surface area contributed by atoms with Gasteiger partial charge in [-0.2, -0.15) is 0 Å². The number of anilines is 1. The largest absolute Gasteiger partial charge is 0.349 e. The van der Waals surface area contributed by atoms with Crippen molar-refractivity contribution in [1.82, 2.24) is 14.7 Å². The number of carbonyl (C=O) groups excluding carboxylic acids is 1. The molecule has 1 saturated heterocycles. The molecule has 6 nitrogen and oxygen atoms in total. The first kappa shape index (κ1) is 18.9. The molecule has 0 spiro atoms. The summed E-state index contributed by atoms with van der Waals surface area (Å²) in [6.45, 7) is 4.84. The summed E-state index contributed by atoms with van der Waals surface area (Å²) in [7, 11) is 7.62. The number of carbonyl (C=O) groups is 1. The maximum atomic E-state index is 14.5. The van der Waals surface area contributed by atoms with Gasteiger partial charge >= 0.3 is 0 Å². The summed E-state index contributed by atoms with van der Waals surface area (Å²) in [4.78, 5) is 22.2. The van der Waals surface area contributed by atoms with Crippen LogP contribution in [-0.4, -0.2) is 73.9 Å². The SMILES string of the molecule is C=C/N=C(/Nc1ccc(C(=O)N2CC[C@H](N(C)C)C2)c(F)c1)N(C)C. The number of nitrogens with one attached hydrogen (secondary N) is 1. The second kappa shape index (κ2) is 8.11. The van der Waals surface area contributed by atoms with Crippen molar-refractivity contribution in [2.45, 2.75) is 12.5 Å². The first-order valence-corrected chi connectivity index (χ1v) is 8.21. The minimum Gasteiger partial charge on any atom is -0.349 e. The highest BCUT2D eigenvalue weighted by Gasteiger charge is 2.29. The molecule has 1 aliphatic rings. The maximum Gasteiger partial charge on any atom is 0.256 e. The van der Waals surface area contributed by atoms with Crippen LogP contribution in [-0.2, 0) is 0 Å². The third kappa shape index (κ3) is 4.57. The predicted octanol–water partition coefficient (Wildman–Crippen LogP) is 2.07. The highest BCUT2D eigenvalue weighted by atomic mass is 19.1. The van der Waals surface area contributed by atoms with Crippen LogP contribution in [0, 0.1) is 5.82 Å². The molecule has 0 aliphatic carbocycles. The number of hydrogen-bond donors (Lipinski definition) is 1. The van der Waals surface area contributed by atoms with E-state index in [1.54, 1.807) is 15.9 Å². The van der Waals surface area contributed by atoms with Gasteiger partial charge < -0.3 is 20.0 Å². The smallest absolute Gasteiger partial charge is 0.256 e. The molecule has 0 bridgehead atoms. The van der Waals surface area contributed by atoms with Crippen LogP contribution >= 0.6 is 0 Å². The minimum absolute atomic E-state index is 0.0945. The summed E-state index contributed by atoms with van der Waals surface area (Å²) in [6, 6.07) is 4.84. The summed E-state index contributed by atoms with van der Waals surface area (Å²) in [5, 5.41) is 3.01. The number of guanidine groups is 1. The lowest BCUT2D eigenvalue weighted by atomic mass is 10.1. The lowest BCUT2D eigenvalue weighted by molar-refractivity contribution is 0.0778. The van der Waals surface area contributed by atoms with Crippen molar-refractivity contribution in [3.8, 4) is 0 Å².